The summed E-state index contributed by atoms with van der Waals surface area (Å²) in [4.78, 5) is 13.8. The molecule has 1 saturated heterocycles. The van der Waals surface area contributed by atoms with Gasteiger partial charge in [-0.3, -0.25) is 4.79 Å². The van der Waals surface area contributed by atoms with Crippen molar-refractivity contribution in [1.82, 2.24) is 4.72 Å². The largest absolute Gasteiger partial charge is 0.365 e. The number of anilines is 1. The number of benzene rings is 1. The molecule has 0 spiro atoms. The van der Waals surface area contributed by atoms with Gasteiger partial charge >= 0.3 is 0 Å². The number of sulfonamides is 1. The fourth-order valence-electron chi connectivity index (χ4n) is 2.73. The van der Waals surface area contributed by atoms with Crippen LogP contribution in [0.3, 0.4) is 0 Å². The van der Waals surface area contributed by atoms with Crippen LogP contribution in [0.2, 0.25) is 0 Å². The first kappa shape index (κ1) is 18.9. The molecule has 0 saturated carbocycles. The topological polar surface area (TPSA) is 75.7 Å². The monoisotopic (exact) mass is 354 g/mol. The lowest BCUT2D eigenvalue weighted by atomic mass is 10.1. The molecule has 1 unspecified atom stereocenters. The third kappa shape index (κ3) is 5.29. The van der Waals surface area contributed by atoms with Crippen molar-refractivity contribution in [3.8, 4) is 0 Å². The Hall–Kier alpha value is -1.44. The molecule has 1 aliphatic rings. The summed E-state index contributed by atoms with van der Waals surface area (Å²) in [6, 6.07) is 5.96. The number of nitrogens with zero attached hydrogens (tertiary/aromatic N) is 1. The average Bonchev–Trinajstić information content (AvgIpc) is 2.51. The molecule has 1 aromatic carbocycles. The van der Waals surface area contributed by atoms with E-state index in [0.717, 1.165) is 23.2 Å². The summed E-state index contributed by atoms with van der Waals surface area (Å²) in [7, 11) is -3.29. The minimum atomic E-state index is -3.29. The van der Waals surface area contributed by atoms with Gasteiger partial charge in [-0.15, -0.1) is 0 Å². The van der Waals surface area contributed by atoms with Gasteiger partial charge in [0.05, 0.1) is 18.4 Å². The van der Waals surface area contributed by atoms with Gasteiger partial charge in [0.1, 0.15) is 6.61 Å². The van der Waals surface area contributed by atoms with E-state index in [1.807, 2.05) is 39.0 Å². The fraction of sp³-hybridized carbons (Fsp3) is 0.588. The molecule has 1 fully saturated rings. The van der Waals surface area contributed by atoms with Crippen LogP contribution in [-0.4, -0.2) is 45.9 Å². The molecule has 6 nitrogen and oxygen atoms in total. The Labute approximate surface area is 144 Å². The van der Waals surface area contributed by atoms with Crippen LogP contribution in [0.4, 0.5) is 5.69 Å². The van der Waals surface area contributed by atoms with Crippen molar-refractivity contribution in [2.45, 2.75) is 39.7 Å². The van der Waals surface area contributed by atoms with E-state index in [4.69, 9.17) is 4.74 Å². The highest BCUT2D eigenvalue weighted by Crippen LogP contribution is 2.21. The third-order valence-corrected chi connectivity index (χ3v) is 5.38. The molecular formula is C17H26N2O4S. The van der Waals surface area contributed by atoms with Crippen molar-refractivity contribution in [2.24, 2.45) is 0 Å². The summed E-state index contributed by atoms with van der Waals surface area (Å²) in [6.45, 7) is 6.42. The summed E-state index contributed by atoms with van der Waals surface area (Å²) in [5, 5.41) is 0. The molecule has 1 atom stereocenters. The van der Waals surface area contributed by atoms with E-state index in [2.05, 4.69) is 4.72 Å². The molecule has 1 amide bonds. The summed E-state index contributed by atoms with van der Waals surface area (Å²) >= 11 is 0. The summed E-state index contributed by atoms with van der Waals surface area (Å²) in [6.07, 6.45) is 1.11. The number of hydrogen-bond donors (Lipinski definition) is 1. The molecule has 7 heteroatoms. The van der Waals surface area contributed by atoms with E-state index in [-0.39, 0.29) is 30.9 Å². The Kier molecular flexibility index (Phi) is 6.37. The van der Waals surface area contributed by atoms with Gasteiger partial charge in [-0.25, -0.2) is 13.1 Å². The smallest absolute Gasteiger partial charge is 0.253 e. The number of nitrogens with one attached hydrogen (secondary N) is 1. The lowest BCUT2D eigenvalue weighted by Crippen LogP contribution is -2.50. The Morgan fingerprint density at radius 3 is 2.54 bits per heavy atom. The molecule has 2 rings (SSSR count). The zero-order chi connectivity index (χ0) is 17.7. The van der Waals surface area contributed by atoms with Crippen LogP contribution >= 0.6 is 0 Å². The Bertz CT molecular complexity index is 668. The number of rotatable bonds is 7. The molecular weight excluding hydrogens is 328 g/mol. The number of carbonyl (C=O) groups is 1. The third-order valence-electron chi connectivity index (χ3n) is 3.95. The minimum absolute atomic E-state index is 0.0334. The number of ether oxygens (including phenoxy) is 1. The van der Waals surface area contributed by atoms with Crippen LogP contribution in [0.5, 0.6) is 0 Å². The second-order valence-electron chi connectivity index (χ2n) is 6.30. The van der Waals surface area contributed by atoms with E-state index in [1.54, 1.807) is 4.90 Å². The predicted octanol–water partition coefficient (Wildman–Crippen LogP) is 1.75. The van der Waals surface area contributed by atoms with Crippen molar-refractivity contribution >= 4 is 21.6 Å². The van der Waals surface area contributed by atoms with Gasteiger partial charge in [0.15, 0.2) is 0 Å². The van der Waals surface area contributed by atoms with Crippen molar-refractivity contribution in [1.29, 1.82) is 0 Å². The van der Waals surface area contributed by atoms with Crippen LogP contribution in [0.1, 0.15) is 30.9 Å². The lowest BCUT2D eigenvalue weighted by Gasteiger charge is -2.33. The maximum Gasteiger partial charge on any atom is 0.253 e. The highest BCUT2D eigenvalue weighted by Gasteiger charge is 2.28. The number of hydrogen-bond acceptors (Lipinski definition) is 4. The van der Waals surface area contributed by atoms with Crippen LogP contribution in [0, 0.1) is 13.8 Å². The molecule has 134 valence electrons. The highest BCUT2D eigenvalue weighted by molar-refractivity contribution is 7.89. The molecule has 1 aliphatic heterocycles. The molecule has 24 heavy (non-hydrogen) atoms. The van der Waals surface area contributed by atoms with Crippen molar-refractivity contribution < 1.29 is 17.9 Å². The average molecular weight is 354 g/mol. The minimum Gasteiger partial charge on any atom is -0.365 e. The van der Waals surface area contributed by atoms with E-state index >= 15 is 0 Å². The second-order valence-corrected chi connectivity index (χ2v) is 8.23. The summed E-state index contributed by atoms with van der Waals surface area (Å²) in [5.41, 5.74) is 3.00. The maximum absolute atomic E-state index is 12.2. The number of unbranched alkanes of at least 4 members (excludes halogenated alkanes) is 1. The zero-order valence-electron chi connectivity index (χ0n) is 14.5. The first-order valence-electron chi connectivity index (χ1n) is 8.28. The van der Waals surface area contributed by atoms with Crippen LogP contribution < -0.4 is 9.62 Å². The molecule has 1 aromatic rings. The van der Waals surface area contributed by atoms with Crippen molar-refractivity contribution in [3.05, 3.63) is 29.3 Å². The van der Waals surface area contributed by atoms with E-state index in [9.17, 15) is 13.2 Å². The van der Waals surface area contributed by atoms with E-state index < -0.39 is 10.0 Å². The van der Waals surface area contributed by atoms with Gasteiger partial charge in [0.25, 0.3) is 5.91 Å². The van der Waals surface area contributed by atoms with Crippen LogP contribution in [0.15, 0.2) is 18.2 Å². The summed E-state index contributed by atoms with van der Waals surface area (Å²) in [5.74, 6) is 0.0146. The quantitative estimate of drug-likeness (QED) is 0.809. The van der Waals surface area contributed by atoms with Gasteiger partial charge in [0.2, 0.25) is 10.0 Å². The fourth-order valence-corrected chi connectivity index (χ4v) is 3.98. The van der Waals surface area contributed by atoms with Gasteiger partial charge in [0, 0.05) is 12.2 Å². The molecule has 0 radical (unpaired) electrons. The lowest BCUT2D eigenvalue weighted by molar-refractivity contribution is -0.129. The van der Waals surface area contributed by atoms with Gasteiger partial charge < -0.3 is 9.64 Å². The first-order valence-corrected chi connectivity index (χ1v) is 9.93. The van der Waals surface area contributed by atoms with E-state index in [0.29, 0.717) is 13.0 Å². The zero-order valence-corrected chi connectivity index (χ0v) is 15.4. The molecule has 0 aromatic heterocycles. The Morgan fingerprint density at radius 2 is 1.92 bits per heavy atom. The van der Waals surface area contributed by atoms with Gasteiger partial charge in [-0.05, 0) is 43.5 Å². The molecule has 0 aliphatic carbocycles. The first-order chi connectivity index (χ1) is 11.3. The van der Waals surface area contributed by atoms with Crippen LogP contribution in [-0.2, 0) is 19.6 Å². The SMILES string of the molecule is CCCCS(=O)(=O)NCC1CN(c2cc(C)cc(C)c2)C(=O)CO1. The highest BCUT2D eigenvalue weighted by atomic mass is 32.2. The van der Waals surface area contributed by atoms with Crippen molar-refractivity contribution in [3.63, 3.8) is 0 Å². The van der Waals surface area contributed by atoms with Crippen molar-refractivity contribution in [2.75, 3.05) is 30.3 Å². The molecule has 1 N–H and O–H groups in total. The predicted molar refractivity (Wildman–Crippen MR) is 94.7 cm³/mol. The maximum atomic E-state index is 12.2. The summed E-state index contributed by atoms with van der Waals surface area (Å²) < 4.78 is 31.8. The number of morpholine rings is 1. The Balaban J connectivity index is 2.01. The van der Waals surface area contributed by atoms with Gasteiger partial charge in [-0.1, -0.05) is 19.4 Å². The number of carbonyl (C=O) groups excluding carboxylic acids is 1. The molecule has 0 bridgehead atoms. The van der Waals surface area contributed by atoms with E-state index in [1.165, 1.54) is 0 Å². The molecule has 1 heterocycles. The Morgan fingerprint density at radius 1 is 1.25 bits per heavy atom. The number of aryl methyl sites for hydroxylation is 2. The van der Waals surface area contributed by atoms with Gasteiger partial charge in [-0.2, -0.15) is 0 Å². The van der Waals surface area contributed by atoms with Crippen LogP contribution in [0.25, 0.3) is 0 Å². The standard InChI is InChI=1S/C17H26N2O4S/c1-4-5-6-24(21,22)18-10-16-11-19(17(20)12-23-16)15-8-13(2)7-14(3)9-15/h7-9,16,18H,4-6,10-12H2,1-3H3. The second kappa shape index (κ2) is 8.09. The number of amides is 1. The normalized spacial score (nSPS) is 18.9.